The Morgan fingerprint density at radius 1 is 1.30 bits per heavy atom. The number of piperidine rings is 1. The van der Waals surface area contributed by atoms with Crippen molar-refractivity contribution in [3.8, 4) is 0 Å². The van der Waals surface area contributed by atoms with Crippen LogP contribution in [0.1, 0.15) is 18.4 Å². The van der Waals surface area contributed by atoms with Crippen molar-refractivity contribution < 1.29 is 37.2 Å². The van der Waals surface area contributed by atoms with Crippen molar-refractivity contribution >= 4 is 23.3 Å². The van der Waals surface area contributed by atoms with Crippen molar-refractivity contribution in [3.63, 3.8) is 0 Å². The second kappa shape index (κ2) is 8.23. The lowest BCUT2D eigenvalue weighted by Crippen LogP contribution is -2.37. The van der Waals surface area contributed by atoms with Crippen molar-refractivity contribution in [1.29, 1.82) is 0 Å². The molecule has 1 fully saturated rings. The van der Waals surface area contributed by atoms with Gasteiger partial charge in [0.1, 0.15) is 5.69 Å². The van der Waals surface area contributed by atoms with Crippen LogP contribution in [0.15, 0.2) is 18.2 Å². The van der Waals surface area contributed by atoms with Crippen molar-refractivity contribution in [1.82, 2.24) is 0 Å². The molecule has 1 saturated heterocycles. The van der Waals surface area contributed by atoms with Crippen LogP contribution in [0.4, 0.5) is 24.5 Å². The van der Waals surface area contributed by atoms with Crippen LogP contribution in [0.5, 0.6) is 0 Å². The molecule has 1 aliphatic heterocycles. The summed E-state index contributed by atoms with van der Waals surface area (Å²) in [6.45, 7) is -0.0473. The van der Waals surface area contributed by atoms with Crippen molar-refractivity contribution in [2.24, 2.45) is 5.92 Å². The Hall–Kier alpha value is -2.85. The van der Waals surface area contributed by atoms with Crippen molar-refractivity contribution in [2.75, 3.05) is 31.7 Å². The van der Waals surface area contributed by atoms with Gasteiger partial charge in [-0.15, -0.1) is 0 Å². The van der Waals surface area contributed by atoms with Gasteiger partial charge in [-0.05, 0) is 25.0 Å². The fourth-order valence-electron chi connectivity index (χ4n) is 2.78. The number of nitrogens with zero attached hydrogens (tertiary/aromatic N) is 2. The SMILES string of the molecule is COC(=O)COC(=O)C1CCN(c2ccc(C(F)(F)F)cc2[N+](=O)[O-])CC1. The molecule has 1 aliphatic rings. The fraction of sp³-hybridized carbons (Fsp3) is 0.500. The van der Waals surface area contributed by atoms with Crippen LogP contribution in [0.3, 0.4) is 0 Å². The van der Waals surface area contributed by atoms with Gasteiger partial charge in [0.2, 0.25) is 0 Å². The van der Waals surface area contributed by atoms with Crippen molar-refractivity contribution in [2.45, 2.75) is 19.0 Å². The Balaban J connectivity index is 2.06. The maximum atomic E-state index is 12.8. The largest absolute Gasteiger partial charge is 0.466 e. The molecule has 0 radical (unpaired) electrons. The predicted molar refractivity (Wildman–Crippen MR) is 86.0 cm³/mol. The monoisotopic (exact) mass is 390 g/mol. The lowest BCUT2D eigenvalue weighted by molar-refractivity contribution is -0.384. The topological polar surface area (TPSA) is 99.0 Å². The van der Waals surface area contributed by atoms with Gasteiger partial charge in [0.25, 0.3) is 5.69 Å². The molecule has 0 amide bonds. The van der Waals surface area contributed by atoms with Gasteiger partial charge in [-0.3, -0.25) is 14.9 Å². The van der Waals surface area contributed by atoms with Crippen LogP contribution in [-0.4, -0.2) is 43.7 Å². The molecule has 0 aliphatic carbocycles. The van der Waals surface area contributed by atoms with Gasteiger partial charge in [-0.25, -0.2) is 4.79 Å². The molecule has 2 rings (SSSR count). The predicted octanol–water partition coefficient (Wildman–Crippen LogP) is 2.55. The van der Waals surface area contributed by atoms with Crippen LogP contribution in [-0.2, 0) is 25.2 Å². The average Bonchev–Trinajstić information content (AvgIpc) is 2.64. The van der Waals surface area contributed by atoms with Gasteiger partial charge in [-0.1, -0.05) is 0 Å². The molecular formula is C16H17F3N2O6. The van der Waals surface area contributed by atoms with E-state index < -0.39 is 46.8 Å². The molecule has 0 unspecified atom stereocenters. The highest BCUT2D eigenvalue weighted by atomic mass is 19.4. The standard InChI is InChI=1S/C16H17F3N2O6/c1-26-14(22)9-27-15(23)10-4-6-20(7-5-10)12-3-2-11(16(17,18)19)8-13(12)21(24)25/h2-3,8,10H,4-7,9H2,1H3. The van der Waals surface area contributed by atoms with E-state index in [1.54, 1.807) is 4.90 Å². The van der Waals surface area contributed by atoms with Crippen LogP contribution in [0, 0.1) is 16.0 Å². The van der Waals surface area contributed by atoms with E-state index in [2.05, 4.69) is 4.74 Å². The highest BCUT2D eigenvalue weighted by Gasteiger charge is 2.35. The van der Waals surface area contributed by atoms with Gasteiger partial charge in [-0.2, -0.15) is 13.2 Å². The Morgan fingerprint density at radius 2 is 1.93 bits per heavy atom. The smallest absolute Gasteiger partial charge is 0.416 e. The number of halogens is 3. The van der Waals surface area contributed by atoms with E-state index in [0.29, 0.717) is 6.07 Å². The Labute approximate surface area is 152 Å². The number of nitro groups is 1. The summed E-state index contributed by atoms with van der Waals surface area (Å²) in [6.07, 6.45) is -4.10. The van der Waals surface area contributed by atoms with Crippen LogP contribution >= 0.6 is 0 Å². The van der Waals surface area contributed by atoms with E-state index in [-0.39, 0.29) is 31.6 Å². The third-order valence-corrected chi connectivity index (χ3v) is 4.23. The van der Waals surface area contributed by atoms with Crippen LogP contribution < -0.4 is 4.90 Å². The van der Waals surface area contributed by atoms with Crippen LogP contribution in [0.2, 0.25) is 0 Å². The maximum Gasteiger partial charge on any atom is 0.416 e. The number of methoxy groups -OCH3 is 1. The lowest BCUT2D eigenvalue weighted by Gasteiger charge is -2.32. The summed E-state index contributed by atoms with van der Waals surface area (Å²) < 4.78 is 47.5. The summed E-state index contributed by atoms with van der Waals surface area (Å²) in [6, 6.07) is 2.36. The second-order valence-corrected chi connectivity index (χ2v) is 5.90. The van der Waals surface area contributed by atoms with Crippen molar-refractivity contribution in [3.05, 3.63) is 33.9 Å². The van der Waals surface area contributed by atoms with Gasteiger partial charge in [0.15, 0.2) is 6.61 Å². The summed E-state index contributed by atoms with van der Waals surface area (Å²) in [5, 5.41) is 11.2. The molecule has 0 aromatic heterocycles. The Kier molecular flexibility index (Phi) is 6.24. The van der Waals surface area contributed by atoms with Crippen LogP contribution in [0.25, 0.3) is 0 Å². The van der Waals surface area contributed by atoms with E-state index in [1.165, 1.54) is 0 Å². The number of hydrogen-bond donors (Lipinski definition) is 0. The lowest BCUT2D eigenvalue weighted by atomic mass is 9.96. The van der Waals surface area contributed by atoms with E-state index in [1.807, 2.05) is 0 Å². The number of esters is 2. The maximum absolute atomic E-state index is 12.8. The molecule has 27 heavy (non-hydrogen) atoms. The second-order valence-electron chi connectivity index (χ2n) is 5.90. The number of benzene rings is 1. The Morgan fingerprint density at radius 3 is 2.44 bits per heavy atom. The molecule has 0 atom stereocenters. The normalized spacial score (nSPS) is 15.3. The summed E-state index contributed by atoms with van der Waals surface area (Å²) in [5.74, 6) is -1.78. The minimum atomic E-state index is -4.68. The first-order valence-corrected chi connectivity index (χ1v) is 7.97. The molecule has 148 valence electrons. The summed E-state index contributed by atoms with van der Waals surface area (Å²) >= 11 is 0. The third-order valence-electron chi connectivity index (χ3n) is 4.23. The van der Waals surface area contributed by atoms with E-state index in [9.17, 15) is 32.9 Å². The van der Waals surface area contributed by atoms with E-state index in [0.717, 1.165) is 19.2 Å². The molecule has 0 spiro atoms. The number of rotatable bonds is 5. The zero-order valence-corrected chi connectivity index (χ0v) is 14.3. The van der Waals surface area contributed by atoms with Gasteiger partial charge in [0, 0.05) is 19.2 Å². The number of anilines is 1. The first-order chi connectivity index (χ1) is 12.6. The third kappa shape index (κ3) is 5.08. The quantitative estimate of drug-likeness (QED) is 0.433. The summed E-state index contributed by atoms with van der Waals surface area (Å²) in [4.78, 5) is 34.8. The molecule has 0 N–H and O–H groups in total. The molecule has 1 heterocycles. The number of carbonyl (C=O) groups is 2. The number of carbonyl (C=O) groups excluding carboxylic acids is 2. The number of hydrogen-bond acceptors (Lipinski definition) is 7. The highest BCUT2D eigenvalue weighted by Crippen LogP contribution is 2.37. The minimum absolute atomic E-state index is 0.0642. The van der Waals surface area contributed by atoms with E-state index >= 15 is 0 Å². The zero-order valence-electron chi connectivity index (χ0n) is 14.3. The molecule has 11 heteroatoms. The van der Waals surface area contributed by atoms with E-state index in [4.69, 9.17) is 4.74 Å². The molecule has 0 bridgehead atoms. The summed E-state index contributed by atoms with van der Waals surface area (Å²) in [5.41, 5.74) is -1.68. The Bertz CT molecular complexity index is 729. The number of alkyl halides is 3. The summed E-state index contributed by atoms with van der Waals surface area (Å²) in [7, 11) is 1.16. The highest BCUT2D eigenvalue weighted by molar-refractivity contribution is 5.78. The molecule has 8 nitrogen and oxygen atoms in total. The minimum Gasteiger partial charge on any atom is -0.466 e. The molecule has 1 aromatic rings. The molecular weight excluding hydrogens is 373 g/mol. The first kappa shape index (κ1) is 20.5. The number of ether oxygens (including phenoxy) is 2. The van der Waals surface area contributed by atoms with Gasteiger partial charge in [0.05, 0.1) is 23.5 Å². The zero-order chi connectivity index (χ0) is 20.2. The fourth-order valence-corrected chi connectivity index (χ4v) is 2.78. The van der Waals surface area contributed by atoms with Gasteiger partial charge < -0.3 is 14.4 Å². The molecule has 1 aromatic carbocycles. The average molecular weight is 390 g/mol. The molecule has 0 saturated carbocycles. The number of nitro benzene ring substituents is 1. The first-order valence-electron chi connectivity index (χ1n) is 7.97. The van der Waals surface area contributed by atoms with Gasteiger partial charge >= 0.3 is 18.1 Å².